The zero-order valence-corrected chi connectivity index (χ0v) is 13.2. The Morgan fingerprint density at radius 1 is 1.47 bits per heavy atom. The summed E-state index contributed by atoms with van der Waals surface area (Å²) in [5.41, 5.74) is 1.26. The van der Waals surface area contributed by atoms with Crippen LogP contribution in [-0.4, -0.2) is 32.9 Å². The number of methoxy groups -OCH3 is 1. The van der Waals surface area contributed by atoms with Gasteiger partial charge in [0.25, 0.3) is 0 Å². The van der Waals surface area contributed by atoms with Gasteiger partial charge in [-0.2, -0.15) is 0 Å². The molecule has 0 saturated carbocycles. The molecule has 106 valence electrons. The molecule has 0 spiro atoms. The van der Waals surface area contributed by atoms with E-state index in [0.29, 0.717) is 12.1 Å². The van der Waals surface area contributed by atoms with Gasteiger partial charge in [0.1, 0.15) is 5.75 Å². The van der Waals surface area contributed by atoms with Crippen molar-refractivity contribution in [2.75, 3.05) is 20.8 Å². The number of hydrogen-bond acceptors (Lipinski definition) is 3. The average molecular weight is 328 g/mol. The second-order valence-electron chi connectivity index (χ2n) is 4.96. The zero-order chi connectivity index (χ0) is 13.7. The van der Waals surface area contributed by atoms with Gasteiger partial charge in [0.15, 0.2) is 0 Å². The Bertz CT molecular complexity index is 405. The number of ether oxygens (including phenoxy) is 2. The molecule has 19 heavy (non-hydrogen) atoms. The Morgan fingerprint density at radius 3 is 2.95 bits per heavy atom. The Kier molecular flexibility index (Phi) is 5.67. The first-order valence-electron chi connectivity index (χ1n) is 6.86. The molecule has 0 bridgehead atoms. The third kappa shape index (κ3) is 3.94. The van der Waals surface area contributed by atoms with Gasteiger partial charge in [-0.3, -0.25) is 0 Å². The first kappa shape index (κ1) is 14.8. The lowest BCUT2D eigenvalue weighted by Gasteiger charge is -2.30. The Labute approximate surface area is 123 Å². The van der Waals surface area contributed by atoms with E-state index >= 15 is 0 Å². The first-order valence-corrected chi connectivity index (χ1v) is 7.65. The van der Waals surface area contributed by atoms with Crippen molar-refractivity contribution in [2.45, 2.75) is 37.8 Å². The van der Waals surface area contributed by atoms with Crippen molar-refractivity contribution in [1.82, 2.24) is 5.32 Å². The summed E-state index contributed by atoms with van der Waals surface area (Å²) in [6.45, 7) is 0.891. The molecule has 2 rings (SSSR count). The molecule has 0 aliphatic carbocycles. The maximum Gasteiger partial charge on any atom is 0.119 e. The van der Waals surface area contributed by atoms with Crippen molar-refractivity contribution in [3.63, 3.8) is 0 Å². The molecule has 0 aromatic heterocycles. The molecule has 1 heterocycles. The van der Waals surface area contributed by atoms with Crippen LogP contribution in [0.3, 0.4) is 0 Å². The van der Waals surface area contributed by atoms with Gasteiger partial charge in [-0.25, -0.2) is 0 Å². The highest BCUT2D eigenvalue weighted by molar-refractivity contribution is 9.10. The fourth-order valence-corrected chi connectivity index (χ4v) is 2.98. The highest BCUT2D eigenvalue weighted by Gasteiger charge is 2.24. The van der Waals surface area contributed by atoms with Crippen LogP contribution in [0.4, 0.5) is 0 Å². The van der Waals surface area contributed by atoms with E-state index in [1.165, 1.54) is 18.4 Å². The normalized spacial score (nSPS) is 21.1. The Hall–Kier alpha value is -0.580. The second kappa shape index (κ2) is 7.27. The highest BCUT2D eigenvalue weighted by Crippen LogP contribution is 2.26. The molecule has 1 N–H and O–H groups in total. The van der Waals surface area contributed by atoms with Crippen LogP contribution in [0, 0.1) is 0 Å². The van der Waals surface area contributed by atoms with Gasteiger partial charge in [0.2, 0.25) is 0 Å². The van der Waals surface area contributed by atoms with Crippen molar-refractivity contribution >= 4 is 15.9 Å². The fourth-order valence-electron chi connectivity index (χ4n) is 2.57. The summed E-state index contributed by atoms with van der Waals surface area (Å²) in [5.74, 6) is 0.901. The van der Waals surface area contributed by atoms with Crippen LogP contribution in [0.1, 0.15) is 24.8 Å². The van der Waals surface area contributed by atoms with E-state index < -0.39 is 0 Å². The van der Waals surface area contributed by atoms with Crippen LogP contribution in [-0.2, 0) is 11.2 Å². The maximum atomic E-state index is 5.89. The lowest BCUT2D eigenvalue weighted by atomic mass is 9.96. The van der Waals surface area contributed by atoms with Gasteiger partial charge >= 0.3 is 0 Å². The first-order chi connectivity index (χ1) is 9.24. The number of benzene rings is 1. The molecule has 3 nitrogen and oxygen atoms in total. The lowest BCUT2D eigenvalue weighted by Crippen LogP contribution is -2.42. The molecule has 1 aliphatic rings. The molecule has 2 unspecified atom stereocenters. The van der Waals surface area contributed by atoms with Gasteiger partial charge < -0.3 is 14.8 Å². The lowest BCUT2D eigenvalue weighted by molar-refractivity contribution is -0.00591. The summed E-state index contributed by atoms with van der Waals surface area (Å²) in [4.78, 5) is 0. The number of likely N-dealkylation sites (N-methyl/N-ethyl adjacent to an activating group) is 1. The van der Waals surface area contributed by atoms with Crippen LogP contribution in [0.5, 0.6) is 5.75 Å². The van der Waals surface area contributed by atoms with E-state index in [1.807, 2.05) is 19.2 Å². The molecule has 0 amide bonds. The predicted octanol–water partition coefficient (Wildman–Crippen LogP) is 3.16. The van der Waals surface area contributed by atoms with Gasteiger partial charge in [0.05, 0.1) is 13.2 Å². The van der Waals surface area contributed by atoms with Crippen molar-refractivity contribution in [3.8, 4) is 5.75 Å². The molecular formula is C15H22BrNO2. The monoisotopic (exact) mass is 327 g/mol. The fraction of sp³-hybridized carbons (Fsp3) is 0.600. The molecule has 4 heteroatoms. The van der Waals surface area contributed by atoms with Gasteiger partial charge in [-0.1, -0.05) is 15.9 Å². The third-order valence-corrected chi connectivity index (χ3v) is 4.50. The summed E-state index contributed by atoms with van der Waals surface area (Å²) in [7, 11) is 3.71. The van der Waals surface area contributed by atoms with Crippen LogP contribution >= 0.6 is 15.9 Å². The van der Waals surface area contributed by atoms with Gasteiger partial charge in [-0.05, 0) is 56.5 Å². The molecular weight excluding hydrogens is 306 g/mol. The van der Waals surface area contributed by atoms with Crippen LogP contribution in [0.25, 0.3) is 0 Å². The van der Waals surface area contributed by atoms with Crippen LogP contribution in [0.2, 0.25) is 0 Å². The number of halogens is 1. The van der Waals surface area contributed by atoms with Crippen molar-refractivity contribution in [1.29, 1.82) is 0 Å². The molecule has 1 fully saturated rings. The van der Waals surface area contributed by atoms with Crippen molar-refractivity contribution < 1.29 is 9.47 Å². The molecule has 1 aromatic rings. The smallest absolute Gasteiger partial charge is 0.119 e. The summed E-state index contributed by atoms with van der Waals surface area (Å²) < 4.78 is 12.3. The largest absolute Gasteiger partial charge is 0.497 e. The number of rotatable bonds is 5. The quantitative estimate of drug-likeness (QED) is 0.901. The summed E-state index contributed by atoms with van der Waals surface area (Å²) in [5, 5.41) is 3.40. The van der Waals surface area contributed by atoms with E-state index in [-0.39, 0.29) is 0 Å². The zero-order valence-electron chi connectivity index (χ0n) is 11.6. The minimum Gasteiger partial charge on any atom is -0.497 e. The molecule has 2 atom stereocenters. The topological polar surface area (TPSA) is 30.5 Å². The number of hydrogen-bond donors (Lipinski definition) is 1. The van der Waals surface area contributed by atoms with E-state index in [1.54, 1.807) is 7.11 Å². The Morgan fingerprint density at radius 2 is 2.32 bits per heavy atom. The minimum atomic E-state index is 0.317. The van der Waals surface area contributed by atoms with E-state index in [9.17, 15) is 0 Å². The SMILES string of the molecule is CNC(Cc1cc(OC)ccc1Br)C1CCCCO1. The predicted molar refractivity (Wildman–Crippen MR) is 80.8 cm³/mol. The third-order valence-electron chi connectivity index (χ3n) is 3.73. The molecule has 0 radical (unpaired) electrons. The summed E-state index contributed by atoms with van der Waals surface area (Å²) in [6, 6.07) is 6.46. The van der Waals surface area contributed by atoms with Crippen LogP contribution in [0.15, 0.2) is 22.7 Å². The van der Waals surface area contributed by atoms with E-state index in [2.05, 4.69) is 27.3 Å². The summed E-state index contributed by atoms with van der Waals surface area (Å²) >= 11 is 3.62. The minimum absolute atomic E-state index is 0.317. The maximum absolute atomic E-state index is 5.89. The van der Waals surface area contributed by atoms with Crippen molar-refractivity contribution in [2.24, 2.45) is 0 Å². The molecule has 1 aliphatic heterocycles. The summed E-state index contributed by atoms with van der Waals surface area (Å²) in [6.07, 6.45) is 4.86. The molecule has 1 aromatic carbocycles. The average Bonchev–Trinajstić information content (AvgIpc) is 2.47. The second-order valence-corrected chi connectivity index (χ2v) is 5.82. The number of nitrogens with one attached hydrogen (secondary N) is 1. The molecule has 1 saturated heterocycles. The Balaban J connectivity index is 2.08. The van der Waals surface area contributed by atoms with Crippen molar-refractivity contribution in [3.05, 3.63) is 28.2 Å². The van der Waals surface area contributed by atoms with Crippen LogP contribution < -0.4 is 10.1 Å². The van der Waals surface area contributed by atoms with Gasteiger partial charge in [-0.15, -0.1) is 0 Å². The standard InChI is InChI=1S/C15H22BrNO2/c1-17-14(15-5-3-4-8-19-15)10-11-9-12(18-2)6-7-13(11)16/h6-7,9,14-15,17H,3-5,8,10H2,1-2H3. The van der Waals surface area contributed by atoms with E-state index in [4.69, 9.17) is 9.47 Å². The van der Waals surface area contributed by atoms with E-state index in [0.717, 1.165) is 29.7 Å². The van der Waals surface area contributed by atoms with Gasteiger partial charge in [0, 0.05) is 17.1 Å². The highest BCUT2D eigenvalue weighted by atomic mass is 79.9.